The summed E-state index contributed by atoms with van der Waals surface area (Å²) in [6.07, 6.45) is 3.78. The summed E-state index contributed by atoms with van der Waals surface area (Å²) in [4.78, 5) is 13.7. The zero-order chi connectivity index (χ0) is 9.97. The number of rotatable bonds is 4. The standard InChI is InChI=1S/C10H18N2O2/c1-14-7-10(13)11-8-4-5-12(6-8)9-2-3-9/h8-9H,2-7H2,1H3,(H,11,13). The molecule has 80 valence electrons. The highest BCUT2D eigenvalue weighted by Crippen LogP contribution is 2.29. The third-order valence-electron chi connectivity index (χ3n) is 2.92. The Morgan fingerprint density at radius 2 is 2.29 bits per heavy atom. The van der Waals surface area contributed by atoms with Gasteiger partial charge in [0.1, 0.15) is 6.61 Å². The summed E-state index contributed by atoms with van der Waals surface area (Å²) in [5.41, 5.74) is 0. The van der Waals surface area contributed by atoms with Gasteiger partial charge in [0.25, 0.3) is 0 Å². The number of ether oxygens (including phenoxy) is 1. The van der Waals surface area contributed by atoms with E-state index >= 15 is 0 Å². The molecule has 1 amide bonds. The lowest BCUT2D eigenvalue weighted by Gasteiger charge is -2.15. The van der Waals surface area contributed by atoms with Crippen LogP contribution in [0.25, 0.3) is 0 Å². The van der Waals surface area contributed by atoms with Crippen molar-refractivity contribution in [2.24, 2.45) is 0 Å². The fraction of sp³-hybridized carbons (Fsp3) is 0.900. The molecule has 0 bridgehead atoms. The van der Waals surface area contributed by atoms with Gasteiger partial charge in [-0.3, -0.25) is 9.69 Å². The smallest absolute Gasteiger partial charge is 0.246 e. The van der Waals surface area contributed by atoms with Crippen LogP contribution in [0, 0.1) is 0 Å². The van der Waals surface area contributed by atoms with Crippen LogP contribution in [0.3, 0.4) is 0 Å². The van der Waals surface area contributed by atoms with Crippen molar-refractivity contribution >= 4 is 5.91 Å². The number of carbonyl (C=O) groups is 1. The van der Waals surface area contributed by atoms with Crippen molar-refractivity contribution < 1.29 is 9.53 Å². The van der Waals surface area contributed by atoms with Crippen molar-refractivity contribution in [3.63, 3.8) is 0 Å². The second-order valence-corrected chi connectivity index (χ2v) is 4.21. The molecule has 1 saturated carbocycles. The summed E-state index contributed by atoms with van der Waals surface area (Å²) in [6.45, 7) is 2.35. The summed E-state index contributed by atoms with van der Waals surface area (Å²) in [5, 5.41) is 2.99. The highest BCUT2D eigenvalue weighted by atomic mass is 16.5. The Morgan fingerprint density at radius 3 is 2.93 bits per heavy atom. The number of methoxy groups -OCH3 is 1. The van der Waals surface area contributed by atoms with Gasteiger partial charge in [-0.05, 0) is 19.3 Å². The van der Waals surface area contributed by atoms with Crippen LogP contribution in [0.2, 0.25) is 0 Å². The Bertz CT molecular complexity index is 216. The molecule has 1 heterocycles. The molecule has 4 nitrogen and oxygen atoms in total. The first kappa shape index (κ1) is 9.93. The van der Waals surface area contributed by atoms with Crippen LogP contribution in [0.15, 0.2) is 0 Å². The first-order valence-electron chi connectivity index (χ1n) is 5.32. The maximum absolute atomic E-state index is 11.2. The highest BCUT2D eigenvalue weighted by molar-refractivity contribution is 5.77. The van der Waals surface area contributed by atoms with Crippen molar-refractivity contribution in [1.82, 2.24) is 10.2 Å². The molecule has 14 heavy (non-hydrogen) atoms. The van der Waals surface area contributed by atoms with Gasteiger partial charge < -0.3 is 10.1 Å². The van der Waals surface area contributed by atoms with E-state index in [1.807, 2.05) is 0 Å². The van der Waals surface area contributed by atoms with Crippen LogP contribution < -0.4 is 5.32 Å². The molecule has 1 aliphatic heterocycles. The molecule has 0 aromatic rings. The topological polar surface area (TPSA) is 41.6 Å². The lowest BCUT2D eigenvalue weighted by atomic mass is 10.2. The Labute approximate surface area is 84.6 Å². The van der Waals surface area contributed by atoms with Crippen LogP contribution >= 0.6 is 0 Å². The van der Waals surface area contributed by atoms with Crippen LogP contribution in [0.1, 0.15) is 19.3 Å². The molecule has 0 spiro atoms. The second-order valence-electron chi connectivity index (χ2n) is 4.21. The zero-order valence-corrected chi connectivity index (χ0v) is 8.66. The van der Waals surface area contributed by atoms with E-state index in [0.717, 1.165) is 25.6 Å². The highest BCUT2D eigenvalue weighted by Gasteiger charge is 2.34. The Morgan fingerprint density at radius 1 is 1.50 bits per heavy atom. The predicted molar refractivity (Wildman–Crippen MR) is 53.0 cm³/mol. The largest absolute Gasteiger partial charge is 0.375 e. The number of carbonyl (C=O) groups excluding carboxylic acids is 1. The summed E-state index contributed by atoms with van der Waals surface area (Å²) in [5.74, 6) is 0.00940. The van der Waals surface area contributed by atoms with Gasteiger partial charge in [0, 0.05) is 32.3 Å². The van der Waals surface area contributed by atoms with E-state index < -0.39 is 0 Å². The Hall–Kier alpha value is -0.610. The molecule has 0 aromatic carbocycles. The fourth-order valence-electron chi connectivity index (χ4n) is 2.08. The normalized spacial score (nSPS) is 27.9. The fourth-order valence-corrected chi connectivity index (χ4v) is 2.08. The van der Waals surface area contributed by atoms with Gasteiger partial charge in [-0.2, -0.15) is 0 Å². The van der Waals surface area contributed by atoms with Gasteiger partial charge in [-0.1, -0.05) is 0 Å². The van der Waals surface area contributed by atoms with Gasteiger partial charge in [-0.25, -0.2) is 0 Å². The van der Waals surface area contributed by atoms with Crippen LogP contribution in [0.5, 0.6) is 0 Å². The van der Waals surface area contributed by atoms with Crippen molar-refractivity contribution in [2.45, 2.75) is 31.3 Å². The lowest BCUT2D eigenvalue weighted by Crippen LogP contribution is -2.39. The zero-order valence-electron chi connectivity index (χ0n) is 8.66. The average Bonchev–Trinajstić information content (AvgIpc) is 2.89. The van der Waals surface area contributed by atoms with Crippen LogP contribution in [0.4, 0.5) is 0 Å². The van der Waals surface area contributed by atoms with Gasteiger partial charge >= 0.3 is 0 Å². The number of amides is 1. The van der Waals surface area contributed by atoms with Crippen molar-refractivity contribution in [1.29, 1.82) is 0 Å². The SMILES string of the molecule is COCC(=O)NC1CCN(C2CC2)C1. The Kier molecular flexibility index (Phi) is 3.03. The number of hydrogen-bond acceptors (Lipinski definition) is 3. The van der Waals surface area contributed by atoms with E-state index in [-0.39, 0.29) is 12.5 Å². The number of hydrogen-bond donors (Lipinski definition) is 1. The predicted octanol–water partition coefficient (Wildman–Crippen LogP) is -0.0143. The summed E-state index contributed by atoms with van der Waals surface area (Å²) in [7, 11) is 1.55. The molecule has 2 rings (SSSR count). The number of likely N-dealkylation sites (tertiary alicyclic amines) is 1. The molecule has 2 aliphatic rings. The molecule has 1 N–H and O–H groups in total. The van der Waals surface area contributed by atoms with Gasteiger partial charge in [0.05, 0.1) is 0 Å². The molecule has 0 aromatic heterocycles. The second kappa shape index (κ2) is 4.28. The van der Waals surface area contributed by atoms with E-state index in [1.54, 1.807) is 7.11 Å². The van der Waals surface area contributed by atoms with Gasteiger partial charge in [0.15, 0.2) is 0 Å². The van der Waals surface area contributed by atoms with E-state index in [9.17, 15) is 4.79 Å². The molecular weight excluding hydrogens is 180 g/mol. The summed E-state index contributed by atoms with van der Waals surface area (Å²) in [6, 6.07) is 1.16. The van der Waals surface area contributed by atoms with E-state index in [1.165, 1.54) is 12.8 Å². The third kappa shape index (κ3) is 2.45. The molecule has 1 aliphatic carbocycles. The first-order chi connectivity index (χ1) is 6.79. The maximum atomic E-state index is 11.2. The first-order valence-corrected chi connectivity index (χ1v) is 5.32. The van der Waals surface area contributed by atoms with E-state index in [2.05, 4.69) is 10.2 Å². The minimum Gasteiger partial charge on any atom is -0.375 e. The number of nitrogens with one attached hydrogen (secondary N) is 1. The molecule has 0 radical (unpaired) electrons. The third-order valence-corrected chi connectivity index (χ3v) is 2.92. The van der Waals surface area contributed by atoms with Crippen LogP contribution in [-0.4, -0.2) is 49.7 Å². The monoisotopic (exact) mass is 198 g/mol. The molecule has 1 unspecified atom stereocenters. The van der Waals surface area contributed by atoms with Gasteiger partial charge in [-0.15, -0.1) is 0 Å². The average molecular weight is 198 g/mol. The summed E-state index contributed by atoms with van der Waals surface area (Å²) >= 11 is 0. The van der Waals surface area contributed by atoms with E-state index in [4.69, 9.17) is 4.74 Å². The molecular formula is C10H18N2O2. The molecule has 1 saturated heterocycles. The molecule has 1 atom stereocenters. The minimum absolute atomic E-state index is 0.00940. The van der Waals surface area contributed by atoms with Crippen molar-refractivity contribution in [3.05, 3.63) is 0 Å². The van der Waals surface area contributed by atoms with Crippen molar-refractivity contribution in [3.8, 4) is 0 Å². The number of nitrogens with zero attached hydrogens (tertiary/aromatic N) is 1. The maximum Gasteiger partial charge on any atom is 0.246 e. The molecule has 4 heteroatoms. The van der Waals surface area contributed by atoms with E-state index in [0.29, 0.717) is 6.04 Å². The quantitative estimate of drug-likeness (QED) is 0.690. The Balaban J connectivity index is 1.69. The van der Waals surface area contributed by atoms with Crippen LogP contribution in [-0.2, 0) is 9.53 Å². The lowest BCUT2D eigenvalue weighted by molar-refractivity contribution is -0.125. The van der Waals surface area contributed by atoms with Crippen molar-refractivity contribution in [2.75, 3.05) is 26.8 Å². The summed E-state index contributed by atoms with van der Waals surface area (Å²) < 4.78 is 4.77. The van der Waals surface area contributed by atoms with Gasteiger partial charge in [0.2, 0.25) is 5.91 Å². The minimum atomic E-state index is 0.00940. The molecule has 2 fully saturated rings.